The van der Waals surface area contributed by atoms with Gasteiger partial charge >= 0.3 is 0 Å². The van der Waals surface area contributed by atoms with Crippen molar-refractivity contribution in [1.82, 2.24) is 4.90 Å². The van der Waals surface area contributed by atoms with Gasteiger partial charge < -0.3 is 10.2 Å². The van der Waals surface area contributed by atoms with Crippen molar-refractivity contribution in [3.63, 3.8) is 0 Å². The maximum Gasteiger partial charge on any atom is 0.230 e. The smallest absolute Gasteiger partial charge is 0.230 e. The van der Waals surface area contributed by atoms with E-state index < -0.39 is 6.04 Å². The molecule has 68 valence electrons. The quantitative estimate of drug-likeness (QED) is 0.508. The molecule has 5 nitrogen and oxygen atoms in total. The summed E-state index contributed by atoms with van der Waals surface area (Å²) in [5.74, 6) is -0.624. The van der Waals surface area contributed by atoms with Gasteiger partial charge in [-0.05, 0) is 0 Å². The third-order valence-electron chi connectivity index (χ3n) is 1.88. The molecule has 0 aliphatic carbocycles. The first-order valence-corrected chi connectivity index (χ1v) is 3.77. The summed E-state index contributed by atoms with van der Waals surface area (Å²) in [6.45, 7) is -0.762. The molecule has 0 bridgehead atoms. The molecule has 5 heteroatoms. The SMILES string of the molecule is O=C1CCC(=O)N1C(CO)CO. The lowest BCUT2D eigenvalue weighted by Crippen LogP contribution is -2.43. The molecule has 0 unspecified atom stereocenters. The minimum absolute atomic E-state index is 0.190. The van der Waals surface area contributed by atoms with Crippen LogP contribution in [0.5, 0.6) is 0 Å². The number of imide groups is 1. The van der Waals surface area contributed by atoms with Crippen molar-refractivity contribution in [3.8, 4) is 0 Å². The Balaban J connectivity index is 2.70. The number of rotatable bonds is 3. The first-order valence-electron chi connectivity index (χ1n) is 3.77. The standard InChI is InChI=1S/C7H11NO4/c9-3-5(4-10)8-6(11)1-2-7(8)12/h5,9-10H,1-4H2. The average Bonchev–Trinajstić information content (AvgIpc) is 2.38. The van der Waals surface area contributed by atoms with Crippen LogP contribution in [0.1, 0.15) is 12.8 Å². The predicted molar refractivity (Wildman–Crippen MR) is 39.0 cm³/mol. The summed E-state index contributed by atoms with van der Waals surface area (Å²) in [4.78, 5) is 23.0. The van der Waals surface area contributed by atoms with Gasteiger partial charge in [-0.1, -0.05) is 0 Å². The van der Waals surface area contributed by atoms with Crippen molar-refractivity contribution in [2.24, 2.45) is 0 Å². The predicted octanol–water partition coefficient (Wildman–Crippen LogP) is -1.51. The summed E-state index contributed by atoms with van der Waals surface area (Å²) in [5.41, 5.74) is 0. The van der Waals surface area contributed by atoms with Crippen LogP contribution in [-0.2, 0) is 9.59 Å². The summed E-state index contributed by atoms with van der Waals surface area (Å²) >= 11 is 0. The lowest BCUT2D eigenvalue weighted by atomic mass is 10.3. The fraction of sp³-hybridized carbons (Fsp3) is 0.714. The highest BCUT2D eigenvalue weighted by Gasteiger charge is 2.34. The van der Waals surface area contributed by atoms with Gasteiger partial charge in [0.05, 0.1) is 19.3 Å². The summed E-state index contributed by atoms with van der Waals surface area (Å²) in [5, 5.41) is 17.4. The molecule has 0 spiro atoms. The molecule has 2 amide bonds. The highest BCUT2D eigenvalue weighted by molar-refractivity contribution is 6.02. The van der Waals surface area contributed by atoms with Gasteiger partial charge in [-0.15, -0.1) is 0 Å². The second-order valence-electron chi connectivity index (χ2n) is 2.68. The number of aliphatic hydroxyl groups excluding tert-OH is 2. The van der Waals surface area contributed by atoms with Crippen LogP contribution in [0.4, 0.5) is 0 Å². The highest BCUT2D eigenvalue weighted by Crippen LogP contribution is 2.14. The Kier molecular flexibility index (Phi) is 2.78. The lowest BCUT2D eigenvalue weighted by Gasteiger charge is -2.21. The van der Waals surface area contributed by atoms with Crippen LogP contribution in [0, 0.1) is 0 Å². The first kappa shape index (κ1) is 9.15. The van der Waals surface area contributed by atoms with E-state index in [9.17, 15) is 9.59 Å². The monoisotopic (exact) mass is 173 g/mol. The molecule has 1 aliphatic rings. The maximum absolute atomic E-state index is 11.0. The first-order chi connectivity index (χ1) is 5.70. The van der Waals surface area contributed by atoms with Gasteiger partial charge in [0, 0.05) is 12.8 Å². The molecule has 1 aliphatic heterocycles. The Bertz CT molecular complexity index is 184. The van der Waals surface area contributed by atoms with Crippen molar-refractivity contribution >= 4 is 11.8 Å². The van der Waals surface area contributed by atoms with Crippen LogP contribution in [0.3, 0.4) is 0 Å². The molecule has 0 aromatic heterocycles. The Morgan fingerprint density at radius 2 is 1.58 bits per heavy atom. The van der Waals surface area contributed by atoms with Gasteiger partial charge in [-0.2, -0.15) is 0 Å². The van der Waals surface area contributed by atoms with E-state index in [0.29, 0.717) is 0 Å². The van der Waals surface area contributed by atoms with Gasteiger partial charge in [0.15, 0.2) is 0 Å². The molecule has 0 saturated carbocycles. The average molecular weight is 173 g/mol. The van der Waals surface area contributed by atoms with Crippen molar-refractivity contribution in [2.45, 2.75) is 18.9 Å². The van der Waals surface area contributed by atoms with Crippen LogP contribution < -0.4 is 0 Å². The number of carbonyl (C=O) groups is 2. The van der Waals surface area contributed by atoms with Crippen LogP contribution in [0.15, 0.2) is 0 Å². The van der Waals surface area contributed by atoms with Gasteiger partial charge in [-0.3, -0.25) is 14.5 Å². The number of amides is 2. The summed E-state index contributed by atoms with van der Waals surface area (Å²) in [7, 11) is 0. The molecule has 0 radical (unpaired) electrons. The minimum Gasteiger partial charge on any atom is -0.394 e. The number of hydrogen-bond acceptors (Lipinski definition) is 4. The molecule has 1 saturated heterocycles. The Morgan fingerprint density at radius 1 is 1.17 bits per heavy atom. The number of nitrogens with zero attached hydrogens (tertiary/aromatic N) is 1. The highest BCUT2D eigenvalue weighted by atomic mass is 16.3. The van der Waals surface area contributed by atoms with Gasteiger partial charge in [0.1, 0.15) is 0 Å². The van der Waals surface area contributed by atoms with Gasteiger partial charge in [0.25, 0.3) is 0 Å². The molecule has 1 rings (SSSR count). The van der Waals surface area contributed by atoms with Crippen molar-refractivity contribution < 1.29 is 19.8 Å². The van der Waals surface area contributed by atoms with E-state index in [1.165, 1.54) is 0 Å². The zero-order valence-corrected chi connectivity index (χ0v) is 6.56. The normalized spacial score (nSPS) is 18.1. The largest absolute Gasteiger partial charge is 0.394 e. The third kappa shape index (κ3) is 1.46. The van der Waals surface area contributed by atoms with E-state index in [2.05, 4.69) is 0 Å². The van der Waals surface area contributed by atoms with Crippen LogP contribution in [0.2, 0.25) is 0 Å². The number of aliphatic hydroxyl groups is 2. The molecular weight excluding hydrogens is 162 g/mol. The third-order valence-corrected chi connectivity index (χ3v) is 1.88. The fourth-order valence-corrected chi connectivity index (χ4v) is 1.22. The van der Waals surface area contributed by atoms with E-state index in [1.54, 1.807) is 0 Å². The molecule has 2 N–H and O–H groups in total. The van der Waals surface area contributed by atoms with Crippen LogP contribution in [-0.4, -0.2) is 46.2 Å². The van der Waals surface area contributed by atoms with Crippen LogP contribution in [0.25, 0.3) is 0 Å². The van der Waals surface area contributed by atoms with Crippen molar-refractivity contribution in [1.29, 1.82) is 0 Å². The number of likely N-dealkylation sites (tertiary alicyclic amines) is 1. The molecule has 0 aromatic carbocycles. The molecule has 12 heavy (non-hydrogen) atoms. The van der Waals surface area contributed by atoms with E-state index in [1.807, 2.05) is 0 Å². The topological polar surface area (TPSA) is 77.8 Å². The Hall–Kier alpha value is -0.940. The second kappa shape index (κ2) is 3.64. The summed E-state index contributed by atoms with van der Waals surface area (Å²) < 4.78 is 0. The summed E-state index contributed by atoms with van der Waals surface area (Å²) in [6, 6.07) is -0.757. The molecule has 0 aromatic rings. The number of carbonyl (C=O) groups excluding carboxylic acids is 2. The minimum atomic E-state index is -0.757. The fourth-order valence-electron chi connectivity index (χ4n) is 1.22. The molecule has 1 fully saturated rings. The van der Waals surface area contributed by atoms with Crippen LogP contribution >= 0.6 is 0 Å². The van der Waals surface area contributed by atoms with Gasteiger partial charge in [0.2, 0.25) is 11.8 Å². The zero-order chi connectivity index (χ0) is 9.14. The summed E-state index contributed by atoms with van der Waals surface area (Å²) in [6.07, 6.45) is 0.380. The maximum atomic E-state index is 11.0. The second-order valence-corrected chi connectivity index (χ2v) is 2.68. The van der Waals surface area contributed by atoms with Crippen molar-refractivity contribution in [2.75, 3.05) is 13.2 Å². The molecule has 0 atom stereocenters. The molecule has 1 heterocycles. The lowest BCUT2D eigenvalue weighted by molar-refractivity contribution is -0.143. The Morgan fingerprint density at radius 3 is 1.92 bits per heavy atom. The Labute approximate surface area is 69.6 Å². The van der Waals surface area contributed by atoms with E-state index in [0.717, 1.165) is 4.90 Å². The van der Waals surface area contributed by atoms with E-state index in [-0.39, 0.29) is 37.9 Å². The van der Waals surface area contributed by atoms with Gasteiger partial charge in [-0.25, -0.2) is 0 Å². The van der Waals surface area contributed by atoms with E-state index >= 15 is 0 Å². The molecular formula is C7H11NO4. The number of hydrogen-bond donors (Lipinski definition) is 2. The van der Waals surface area contributed by atoms with Crippen molar-refractivity contribution in [3.05, 3.63) is 0 Å². The zero-order valence-electron chi connectivity index (χ0n) is 6.56. The van der Waals surface area contributed by atoms with E-state index in [4.69, 9.17) is 10.2 Å².